The molecule has 0 unspecified atom stereocenters. The molecule has 0 radical (unpaired) electrons. The van der Waals surface area contributed by atoms with Gasteiger partial charge in [-0.2, -0.15) is 0 Å². The monoisotopic (exact) mass is 393 g/mol. The van der Waals surface area contributed by atoms with Crippen LogP contribution in [0.3, 0.4) is 0 Å². The minimum Gasteiger partial charge on any atom is -0.379 e. The molecule has 1 atom stereocenters. The number of halogens is 2. The maximum Gasteiger partial charge on any atom is 0.185 e. The smallest absolute Gasteiger partial charge is 0.185 e. The molecule has 0 saturated heterocycles. The zero-order valence-electron chi connectivity index (χ0n) is 14.7. The molecular formula is C19H21ClFN3OS. The first-order chi connectivity index (χ1) is 11.9. The molecule has 0 aliphatic carbocycles. The van der Waals surface area contributed by atoms with Crippen LogP contribution >= 0.6 is 24.2 Å². The Bertz CT molecular complexity index is 858. The summed E-state index contributed by atoms with van der Waals surface area (Å²) in [7, 11) is 0. The summed E-state index contributed by atoms with van der Waals surface area (Å²) in [5, 5.41) is 0.471. The summed E-state index contributed by atoms with van der Waals surface area (Å²) in [6.07, 6.45) is 2.48. The van der Waals surface area contributed by atoms with E-state index in [2.05, 4.69) is 9.98 Å². The highest BCUT2D eigenvalue weighted by Crippen LogP contribution is 2.36. The maximum absolute atomic E-state index is 14.4. The maximum atomic E-state index is 14.4. The van der Waals surface area contributed by atoms with Gasteiger partial charge in [-0.1, -0.05) is 23.9 Å². The molecule has 0 fully saturated rings. The lowest BCUT2D eigenvalue weighted by atomic mass is 9.87. The van der Waals surface area contributed by atoms with E-state index in [9.17, 15) is 9.18 Å². The molecule has 1 aromatic carbocycles. The molecule has 0 spiro atoms. The number of amidine groups is 1. The molecule has 0 amide bonds. The Morgan fingerprint density at radius 1 is 1.38 bits per heavy atom. The zero-order chi connectivity index (χ0) is 18.0. The summed E-state index contributed by atoms with van der Waals surface area (Å²) in [6, 6.07) is 8.43. The molecule has 2 heterocycles. The van der Waals surface area contributed by atoms with Crippen molar-refractivity contribution in [3.8, 4) is 0 Å². The lowest BCUT2D eigenvalue weighted by Crippen LogP contribution is -2.29. The molecule has 2 aromatic rings. The van der Waals surface area contributed by atoms with Gasteiger partial charge in [0, 0.05) is 23.9 Å². The first-order valence-corrected chi connectivity index (χ1v) is 9.09. The Balaban J connectivity index is 0.00000243. The van der Waals surface area contributed by atoms with Crippen molar-refractivity contribution in [1.82, 2.24) is 4.98 Å². The molecular weight excluding hydrogens is 373 g/mol. The molecule has 0 bridgehead atoms. The van der Waals surface area contributed by atoms with Crippen LogP contribution in [-0.4, -0.2) is 21.7 Å². The van der Waals surface area contributed by atoms with Crippen LogP contribution in [0.5, 0.6) is 0 Å². The lowest BCUT2D eigenvalue weighted by molar-refractivity contribution is 0.0987. The van der Waals surface area contributed by atoms with Gasteiger partial charge in [0.05, 0.1) is 5.54 Å². The van der Waals surface area contributed by atoms with Gasteiger partial charge in [-0.05, 0) is 49.6 Å². The average Bonchev–Trinajstić information content (AvgIpc) is 2.56. The number of hydrogen-bond donors (Lipinski definition) is 1. The fourth-order valence-electron chi connectivity index (χ4n) is 3.02. The largest absolute Gasteiger partial charge is 0.379 e. The lowest BCUT2D eigenvalue weighted by Gasteiger charge is -2.30. The molecule has 138 valence electrons. The molecule has 7 heteroatoms. The van der Waals surface area contributed by atoms with E-state index in [0.29, 0.717) is 22.8 Å². The Morgan fingerprint density at radius 2 is 2.15 bits per heavy atom. The number of benzene rings is 1. The van der Waals surface area contributed by atoms with E-state index in [4.69, 9.17) is 5.73 Å². The van der Waals surface area contributed by atoms with E-state index in [1.807, 2.05) is 19.9 Å². The molecule has 2 N–H and O–H groups in total. The fraction of sp³-hybridized carbons (Fsp3) is 0.316. The van der Waals surface area contributed by atoms with Crippen LogP contribution < -0.4 is 5.73 Å². The predicted octanol–water partition coefficient (Wildman–Crippen LogP) is 4.04. The Morgan fingerprint density at radius 3 is 2.85 bits per heavy atom. The SMILES string of the molecule is Cc1cccnc1C(=O)Cc1ccc(F)c([C@]2(C)CCSC(N)=N2)c1.Cl. The minimum atomic E-state index is -0.695. The molecule has 4 nitrogen and oxygen atoms in total. The highest BCUT2D eigenvalue weighted by Gasteiger charge is 2.32. The van der Waals surface area contributed by atoms with Crippen molar-refractivity contribution < 1.29 is 9.18 Å². The normalized spacial score (nSPS) is 19.4. The van der Waals surface area contributed by atoms with Crippen molar-refractivity contribution in [3.05, 3.63) is 64.7 Å². The summed E-state index contributed by atoms with van der Waals surface area (Å²) in [6.45, 7) is 3.74. The van der Waals surface area contributed by atoms with Gasteiger partial charge in [0.15, 0.2) is 11.0 Å². The van der Waals surface area contributed by atoms with Crippen LogP contribution in [0, 0.1) is 12.7 Å². The van der Waals surface area contributed by atoms with Gasteiger partial charge in [0.2, 0.25) is 0 Å². The quantitative estimate of drug-likeness (QED) is 0.796. The number of rotatable bonds is 4. The van der Waals surface area contributed by atoms with Gasteiger partial charge in [0.1, 0.15) is 11.5 Å². The third-order valence-corrected chi connectivity index (χ3v) is 5.24. The highest BCUT2D eigenvalue weighted by molar-refractivity contribution is 8.13. The Kier molecular flexibility index (Phi) is 6.42. The number of carbonyl (C=O) groups excluding carboxylic acids is 1. The summed E-state index contributed by atoms with van der Waals surface area (Å²) in [4.78, 5) is 21.2. The number of thioether (sulfide) groups is 1. The van der Waals surface area contributed by atoms with E-state index >= 15 is 0 Å². The second-order valence-corrected chi connectivity index (χ2v) is 7.52. The first kappa shape index (κ1) is 20.4. The van der Waals surface area contributed by atoms with Crippen LogP contribution in [0.4, 0.5) is 4.39 Å². The molecule has 1 aromatic heterocycles. The van der Waals surface area contributed by atoms with Crippen molar-refractivity contribution >= 4 is 35.1 Å². The van der Waals surface area contributed by atoms with Crippen molar-refractivity contribution in [2.75, 3.05) is 5.75 Å². The molecule has 1 aliphatic rings. The summed E-state index contributed by atoms with van der Waals surface area (Å²) < 4.78 is 14.4. The zero-order valence-corrected chi connectivity index (χ0v) is 16.3. The van der Waals surface area contributed by atoms with Crippen molar-refractivity contribution in [2.45, 2.75) is 32.2 Å². The van der Waals surface area contributed by atoms with Gasteiger partial charge in [0.25, 0.3) is 0 Å². The number of ketones is 1. The predicted molar refractivity (Wildman–Crippen MR) is 107 cm³/mol. The van der Waals surface area contributed by atoms with E-state index in [1.165, 1.54) is 17.8 Å². The van der Waals surface area contributed by atoms with Crippen LogP contribution in [0.2, 0.25) is 0 Å². The number of aryl methyl sites for hydroxylation is 1. The topological polar surface area (TPSA) is 68.3 Å². The van der Waals surface area contributed by atoms with Gasteiger partial charge in [-0.3, -0.25) is 14.8 Å². The fourth-order valence-corrected chi connectivity index (χ4v) is 4.00. The summed E-state index contributed by atoms with van der Waals surface area (Å²) in [5.74, 6) is 0.390. The van der Waals surface area contributed by atoms with E-state index in [1.54, 1.807) is 24.4 Å². The number of Topliss-reactive ketones (excluding diaryl/α,β-unsaturated/α-hetero) is 1. The van der Waals surface area contributed by atoms with E-state index in [-0.39, 0.29) is 30.4 Å². The molecule has 1 aliphatic heterocycles. The number of carbonyl (C=O) groups is 1. The molecule has 0 saturated carbocycles. The van der Waals surface area contributed by atoms with Gasteiger partial charge >= 0.3 is 0 Å². The summed E-state index contributed by atoms with van der Waals surface area (Å²) in [5.41, 5.74) is 7.67. The Labute approximate surface area is 162 Å². The third kappa shape index (κ3) is 4.24. The second kappa shape index (κ2) is 8.18. The van der Waals surface area contributed by atoms with Crippen LogP contribution in [0.25, 0.3) is 0 Å². The van der Waals surface area contributed by atoms with E-state index < -0.39 is 5.54 Å². The van der Waals surface area contributed by atoms with Gasteiger partial charge in [-0.15, -0.1) is 12.4 Å². The molecule has 3 rings (SSSR count). The number of aliphatic imine (C=N–C) groups is 1. The average molecular weight is 394 g/mol. The Hall–Kier alpha value is -1.92. The van der Waals surface area contributed by atoms with Crippen molar-refractivity contribution in [2.24, 2.45) is 10.7 Å². The highest BCUT2D eigenvalue weighted by atomic mass is 35.5. The van der Waals surface area contributed by atoms with Crippen LogP contribution in [-0.2, 0) is 12.0 Å². The standard InChI is InChI=1S/C19H20FN3OS.ClH/c1-12-4-3-8-22-17(12)16(24)11-13-5-6-15(20)14(10-13)19(2)7-9-25-18(21)23-19;/h3-6,8,10H,7,9,11H2,1-2H3,(H2,21,23);1H/t19-;/m0./s1. The van der Waals surface area contributed by atoms with E-state index in [0.717, 1.165) is 16.9 Å². The summed E-state index contributed by atoms with van der Waals surface area (Å²) >= 11 is 1.48. The first-order valence-electron chi connectivity index (χ1n) is 8.11. The minimum absolute atomic E-state index is 0. The second-order valence-electron chi connectivity index (χ2n) is 6.41. The van der Waals surface area contributed by atoms with Crippen molar-refractivity contribution in [3.63, 3.8) is 0 Å². The third-order valence-electron chi connectivity index (χ3n) is 4.45. The number of pyridine rings is 1. The van der Waals surface area contributed by atoms with Gasteiger partial charge in [-0.25, -0.2) is 4.39 Å². The van der Waals surface area contributed by atoms with Crippen LogP contribution in [0.1, 0.15) is 40.5 Å². The number of hydrogen-bond acceptors (Lipinski definition) is 5. The molecule has 26 heavy (non-hydrogen) atoms. The number of nitrogens with zero attached hydrogens (tertiary/aromatic N) is 2. The van der Waals surface area contributed by atoms with Crippen LogP contribution in [0.15, 0.2) is 41.5 Å². The van der Waals surface area contributed by atoms with Gasteiger partial charge < -0.3 is 5.73 Å². The van der Waals surface area contributed by atoms with Crippen molar-refractivity contribution in [1.29, 1.82) is 0 Å². The number of nitrogens with two attached hydrogens (primary N) is 1. The number of aromatic nitrogens is 1.